The van der Waals surface area contributed by atoms with E-state index in [1.165, 1.54) is 43.3 Å². The third-order valence-corrected chi connectivity index (χ3v) is 15.5. The molecule has 0 spiro atoms. The molecule has 4 rings (SSSR count). The lowest BCUT2D eigenvalue weighted by atomic mass is 9.83. The molecule has 0 saturated carbocycles. The molecule has 2 aromatic carbocycles. The number of likely N-dealkylation sites (N-methyl/N-ethyl adjacent to an activating group) is 2. The summed E-state index contributed by atoms with van der Waals surface area (Å²) in [5, 5.41) is 2.94. The minimum atomic E-state index is -1.05. The summed E-state index contributed by atoms with van der Waals surface area (Å²) in [6.07, 6.45) is 4.79. The van der Waals surface area contributed by atoms with Crippen molar-refractivity contribution in [2.75, 3.05) is 55.6 Å². The molecule has 2 aromatic rings. The highest BCUT2D eigenvalue weighted by Gasteiger charge is 2.44. The van der Waals surface area contributed by atoms with Gasteiger partial charge in [0, 0.05) is 90.4 Å². The van der Waals surface area contributed by atoms with Crippen molar-refractivity contribution in [3.8, 4) is 11.5 Å². The lowest BCUT2D eigenvalue weighted by Gasteiger charge is -2.41. The van der Waals surface area contributed by atoms with Crippen molar-refractivity contribution in [3.63, 3.8) is 0 Å². The van der Waals surface area contributed by atoms with Crippen LogP contribution in [-0.2, 0) is 65.6 Å². The van der Waals surface area contributed by atoms with Crippen molar-refractivity contribution in [3.05, 3.63) is 71.8 Å². The van der Waals surface area contributed by atoms with Crippen molar-refractivity contribution in [1.29, 1.82) is 0 Å². The van der Waals surface area contributed by atoms with Crippen LogP contribution in [-0.4, -0.2) is 159 Å². The van der Waals surface area contributed by atoms with Crippen LogP contribution in [0.15, 0.2) is 60.7 Å². The highest BCUT2D eigenvalue weighted by molar-refractivity contribution is 6.12. The van der Waals surface area contributed by atoms with Crippen LogP contribution in [0.5, 0.6) is 11.5 Å². The maximum atomic E-state index is 14.8. The maximum Gasteiger partial charge on any atom is 0.329 e. The van der Waals surface area contributed by atoms with Gasteiger partial charge in [-0.15, -0.1) is 0 Å². The normalized spacial score (nSPS) is 17.6. The van der Waals surface area contributed by atoms with Gasteiger partial charge in [0.25, 0.3) is 11.8 Å². The molecule has 426 valence electrons. The molecule has 1 N–H and O–H groups in total. The Kier molecular flexibility index (Phi) is 25.3. The molecule has 0 bridgehead atoms. The molecule has 0 aromatic heterocycles. The number of hydrogen-bond donors (Lipinski definition) is 1. The number of amides is 6. The van der Waals surface area contributed by atoms with E-state index in [2.05, 4.69) is 5.32 Å². The first-order valence-corrected chi connectivity index (χ1v) is 27.3. The van der Waals surface area contributed by atoms with E-state index in [-0.39, 0.29) is 91.9 Å². The quantitative estimate of drug-likeness (QED) is 0.0467. The van der Waals surface area contributed by atoms with Gasteiger partial charge in [-0.3, -0.25) is 38.5 Å². The Balaban J connectivity index is 1.45. The third kappa shape index (κ3) is 17.2. The molecule has 2 heterocycles. The largest absolute Gasteiger partial charge is 0.497 e. The van der Waals surface area contributed by atoms with Crippen molar-refractivity contribution in [1.82, 2.24) is 24.9 Å². The summed E-state index contributed by atoms with van der Waals surface area (Å²) < 4.78 is 28.8. The predicted molar refractivity (Wildman–Crippen MR) is 291 cm³/mol. The number of ketones is 1. The van der Waals surface area contributed by atoms with Crippen LogP contribution in [0.1, 0.15) is 117 Å². The Bertz CT molecular complexity index is 2320. The summed E-state index contributed by atoms with van der Waals surface area (Å²) >= 11 is 0. The smallest absolute Gasteiger partial charge is 0.329 e. The first kappa shape index (κ1) is 63.4. The highest BCUT2D eigenvalue weighted by atomic mass is 16.5. The molecule has 6 amide bonds. The van der Waals surface area contributed by atoms with Crippen LogP contribution in [0.2, 0.25) is 0 Å². The van der Waals surface area contributed by atoms with Gasteiger partial charge < -0.3 is 43.7 Å². The number of hydrogen-bond acceptors (Lipinski definition) is 13. The molecule has 0 unspecified atom stereocenters. The molecule has 1 fully saturated rings. The van der Waals surface area contributed by atoms with E-state index >= 15 is 0 Å². The van der Waals surface area contributed by atoms with Crippen LogP contribution in [0.3, 0.4) is 0 Å². The highest BCUT2D eigenvalue weighted by Crippen LogP contribution is 2.32. The zero-order valence-corrected chi connectivity index (χ0v) is 47.9. The second kappa shape index (κ2) is 30.7. The Morgan fingerprint density at radius 3 is 2.05 bits per heavy atom. The maximum absolute atomic E-state index is 14.8. The number of esters is 1. The monoisotopic (exact) mass is 1070 g/mol. The van der Waals surface area contributed by atoms with Crippen LogP contribution in [0.25, 0.3) is 0 Å². The van der Waals surface area contributed by atoms with E-state index in [4.69, 9.17) is 23.7 Å². The van der Waals surface area contributed by atoms with E-state index in [0.717, 1.165) is 5.56 Å². The van der Waals surface area contributed by atoms with Crippen LogP contribution >= 0.6 is 0 Å². The van der Waals surface area contributed by atoms with E-state index in [0.29, 0.717) is 62.1 Å². The van der Waals surface area contributed by atoms with Gasteiger partial charge >= 0.3 is 5.97 Å². The molecule has 2 aliphatic rings. The molecule has 18 nitrogen and oxygen atoms in total. The molecular formula is C59H87N5O13. The molecule has 77 heavy (non-hydrogen) atoms. The molecule has 2 aliphatic heterocycles. The van der Waals surface area contributed by atoms with Gasteiger partial charge in [-0.25, -0.2) is 4.79 Å². The fourth-order valence-electron chi connectivity index (χ4n) is 10.8. The number of unbranched alkanes of at least 4 members (excludes halogenated alkanes) is 2. The van der Waals surface area contributed by atoms with Gasteiger partial charge in [-0.2, -0.15) is 0 Å². The van der Waals surface area contributed by atoms with Crippen LogP contribution in [0.4, 0.5) is 0 Å². The number of imide groups is 1. The summed E-state index contributed by atoms with van der Waals surface area (Å²) in [6, 6.07) is 11.6. The van der Waals surface area contributed by atoms with Crippen molar-refractivity contribution < 1.29 is 62.0 Å². The van der Waals surface area contributed by atoms with Gasteiger partial charge in [-0.1, -0.05) is 91.6 Å². The van der Waals surface area contributed by atoms with Crippen molar-refractivity contribution in [2.24, 2.45) is 29.6 Å². The van der Waals surface area contributed by atoms with Gasteiger partial charge in [0.1, 0.15) is 24.1 Å². The SMILES string of the molecule is CC[C@H](C)[C@@H]([C@@H](CC(=O)N1CCC[C@H]1[C@H](OC)[C@@H](C)C(=O)N[C@@H](Cc1ccccc1)C(=O)OCc1ccc(OC)cc1OC)OC)N(C)C(=O)[C@@H](CC(=O)[C@H](C(C)C)N(C)C(=O)CCCCCN1C(=O)C=CC1=O)C(C)C. The number of nitrogens with zero attached hydrogens (tertiary/aromatic N) is 4. The minimum absolute atomic E-state index is 0.0695. The Morgan fingerprint density at radius 2 is 1.47 bits per heavy atom. The van der Waals surface area contributed by atoms with Gasteiger partial charge in [0.15, 0.2) is 5.78 Å². The van der Waals surface area contributed by atoms with Gasteiger partial charge in [0.2, 0.25) is 23.6 Å². The second-order valence-corrected chi connectivity index (χ2v) is 21.3. The fourth-order valence-corrected chi connectivity index (χ4v) is 10.8. The zero-order chi connectivity index (χ0) is 57.1. The molecular weight excluding hydrogens is 987 g/mol. The van der Waals surface area contributed by atoms with E-state index in [1.54, 1.807) is 56.1 Å². The Labute approximate surface area is 456 Å². The molecule has 18 heteroatoms. The number of ether oxygens (including phenoxy) is 5. The minimum Gasteiger partial charge on any atom is -0.497 e. The molecule has 9 atom stereocenters. The Morgan fingerprint density at radius 1 is 0.792 bits per heavy atom. The molecule has 0 aliphatic carbocycles. The molecule has 1 saturated heterocycles. The molecule has 0 radical (unpaired) electrons. The van der Waals surface area contributed by atoms with E-state index in [1.807, 2.05) is 71.9 Å². The number of carbonyl (C=O) groups is 8. The van der Waals surface area contributed by atoms with Crippen LogP contribution < -0.4 is 14.8 Å². The lowest BCUT2D eigenvalue weighted by Crippen LogP contribution is -2.55. The second-order valence-electron chi connectivity index (χ2n) is 21.3. The lowest BCUT2D eigenvalue weighted by molar-refractivity contribution is -0.151. The fraction of sp³-hybridized carbons (Fsp3) is 0.627. The topological polar surface area (TPSA) is 208 Å². The van der Waals surface area contributed by atoms with Crippen LogP contribution in [0, 0.1) is 29.6 Å². The van der Waals surface area contributed by atoms with Gasteiger partial charge in [0.05, 0.1) is 56.9 Å². The van der Waals surface area contributed by atoms with Crippen molar-refractivity contribution in [2.45, 2.75) is 156 Å². The summed E-state index contributed by atoms with van der Waals surface area (Å²) in [6.45, 7) is 13.9. The number of methoxy groups -OCH3 is 4. The van der Waals surface area contributed by atoms with Gasteiger partial charge in [-0.05, 0) is 61.1 Å². The van der Waals surface area contributed by atoms with E-state index in [9.17, 15) is 38.4 Å². The summed E-state index contributed by atoms with van der Waals surface area (Å²) in [5.41, 5.74) is 1.43. The standard InChI is InChI=1S/C59H87N5O13/c1-14-39(6)55(62(9)58(71)44(37(2)3)34-47(65)54(38(4)5)61(8)50(66)25-19-16-20-30-64-51(67)28-29-52(64)68)49(75-12)35-53(69)63-31-21-24-46(63)56(76-13)40(7)57(70)60-45(32-41-22-17-15-18-23-41)59(72)77-36-42-26-27-43(73-10)33-48(42)74-11/h15,17-18,22-23,26-29,33,37-40,44-46,49,54-56H,14,16,19-21,24-25,30-32,34-36H2,1-13H3,(H,60,70)/t39-,40+,44-,45-,46-,49+,54-,55-,56+/m0/s1. The predicted octanol–water partition coefficient (Wildman–Crippen LogP) is 6.59. The average molecular weight is 1070 g/mol. The summed E-state index contributed by atoms with van der Waals surface area (Å²) in [4.78, 5) is 115. The number of carbonyl (C=O) groups excluding carboxylic acids is 8. The number of benzene rings is 2. The summed E-state index contributed by atoms with van der Waals surface area (Å²) in [5.74, 6) is -3.74. The number of rotatable bonds is 32. The third-order valence-electron chi connectivity index (χ3n) is 15.5. The summed E-state index contributed by atoms with van der Waals surface area (Å²) in [7, 11) is 9.41. The Hall–Kier alpha value is -6.14. The average Bonchev–Trinajstić information content (AvgIpc) is 4.04. The zero-order valence-electron chi connectivity index (χ0n) is 47.9. The number of Topliss-reactive ketones (excluding diaryl/α,β-unsaturated/α-hetero) is 1. The van der Waals surface area contributed by atoms with E-state index < -0.39 is 60.1 Å². The van der Waals surface area contributed by atoms with Crippen molar-refractivity contribution >= 4 is 47.2 Å². The number of likely N-dealkylation sites (tertiary alicyclic amines) is 1. The first-order chi connectivity index (χ1) is 36.6. The first-order valence-electron chi connectivity index (χ1n) is 27.3. The number of nitrogens with one attached hydrogen (secondary N) is 1.